The van der Waals surface area contributed by atoms with Crippen LogP contribution in [0.4, 0.5) is 0 Å². The zero-order valence-corrected chi connectivity index (χ0v) is 15.1. The number of pyridine rings is 1. The summed E-state index contributed by atoms with van der Waals surface area (Å²) >= 11 is 0. The van der Waals surface area contributed by atoms with Gasteiger partial charge in [-0.25, -0.2) is 4.98 Å². The van der Waals surface area contributed by atoms with Crippen molar-refractivity contribution in [1.29, 1.82) is 0 Å². The van der Waals surface area contributed by atoms with Gasteiger partial charge in [-0.05, 0) is 35.6 Å². The summed E-state index contributed by atoms with van der Waals surface area (Å²) in [6.07, 6.45) is 0. The van der Waals surface area contributed by atoms with Crippen LogP contribution >= 0.6 is 0 Å². The van der Waals surface area contributed by atoms with E-state index >= 15 is 0 Å². The second-order valence-corrected chi connectivity index (χ2v) is 6.93. The Morgan fingerprint density at radius 1 is 1.04 bits per heavy atom. The van der Waals surface area contributed by atoms with Crippen LogP contribution in [-0.4, -0.2) is 20.9 Å². The van der Waals surface area contributed by atoms with Crippen LogP contribution in [0.3, 0.4) is 0 Å². The molecule has 6 heteroatoms. The highest BCUT2D eigenvalue weighted by Gasteiger charge is 2.23. The lowest BCUT2D eigenvalue weighted by atomic mass is 10.0. The molecule has 0 aliphatic heterocycles. The predicted octanol–water partition coefficient (Wildman–Crippen LogP) is 3.53. The number of amides is 1. The van der Waals surface area contributed by atoms with Gasteiger partial charge in [0.15, 0.2) is 0 Å². The van der Waals surface area contributed by atoms with Crippen LogP contribution in [0.1, 0.15) is 36.2 Å². The van der Waals surface area contributed by atoms with Crippen LogP contribution in [-0.2, 0) is 0 Å². The van der Waals surface area contributed by atoms with Gasteiger partial charge < -0.3 is 15.3 Å². The largest absolute Gasteiger partial charge is 0.341 e. The Kier molecular flexibility index (Phi) is 4.24. The summed E-state index contributed by atoms with van der Waals surface area (Å²) in [7, 11) is 0. The molecule has 0 saturated carbocycles. The lowest BCUT2D eigenvalue weighted by Crippen LogP contribution is -2.33. The quantitative estimate of drug-likeness (QED) is 0.520. The normalized spacial score (nSPS) is 12.6. The van der Waals surface area contributed by atoms with E-state index in [0.29, 0.717) is 11.2 Å². The van der Waals surface area contributed by atoms with Gasteiger partial charge in [-0.3, -0.25) is 9.59 Å². The molecule has 0 fully saturated rings. The standard InChI is InChI=1S/C21H20N4O2/c1-12(2)18(19-22-15-9-5-6-10-16(15)23-19)25-21(27)17-11-13-7-3-4-8-14(13)20(26)24-17/h3-12,18H,1-2H3,(H,22,23)(H,24,26)(H,25,27). The first-order chi connectivity index (χ1) is 13.0. The van der Waals surface area contributed by atoms with Gasteiger partial charge in [-0.15, -0.1) is 0 Å². The third kappa shape index (κ3) is 3.21. The molecule has 0 bridgehead atoms. The van der Waals surface area contributed by atoms with Crippen molar-refractivity contribution in [3.63, 3.8) is 0 Å². The Bertz CT molecular complexity index is 1160. The number of fused-ring (bicyclic) bond motifs is 2. The first-order valence-corrected chi connectivity index (χ1v) is 8.90. The van der Waals surface area contributed by atoms with Gasteiger partial charge in [0.05, 0.1) is 17.1 Å². The lowest BCUT2D eigenvalue weighted by molar-refractivity contribution is 0.0918. The first kappa shape index (κ1) is 17.0. The smallest absolute Gasteiger partial charge is 0.268 e. The summed E-state index contributed by atoms with van der Waals surface area (Å²) in [5.74, 6) is 0.474. The molecule has 4 aromatic rings. The third-order valence-electron chi connectivity index (χ3n) is 4.65. The number of hydrogen-bond acceptors (Lipinski definition) is 3. The molecule has 2 aromatic carbocycles. The molecule has 1 atom stereocenters. The fourth-order valence-corrected chi connectivity index (χ4v) is 3.22. The fraction of sp³-hybridized carbons (Fsp3) is 0.190. The SMILES string of the molecule is CC(C)C(NC(=O)c1cc2ccccc2c(=O)[nH]1)c1nc2ccccc2[nH]1. The number of nitrogens with one attached hydrogen (secondary N) is 3. The molecule has 6 nitrogen and oxygen atoms in total. The molecule has 1 amide bonds. The van der Waals surface area contributed by atoms with Crippen molar-refractivity contribution in [2.24, 2.45) is 5.92 Å². The van der Waals surface area contributed by atoms with E-state index in [1.165, 1.54) is 0 Å². The van der Waals surface area contributed by atoms with Gasteiger partial charge in [0.1, 0.15) is 11.5 Å². The number of nitrogens with zero attached hydrogens (tertiary/aromatic N) is 1. The number of H-pyrrole nitrogens is 2. The van der Waals surface area contributed by atoms with Gasteiger partial charge in [-0.2, -0.15) is 0 Å². The first-order valence-electron chi connectivity index (χ1n) is 8.90. The summed E-state index contributed by atoms with van der Waals surface area (Å²) in [4.78, 5) is 35.6. The van der Waals surface area contributed by atoms with Crippen LogP contribution in [0.25, 0.3) is 21.8 Å². The lowest BCUT2D eigenvalue weighted by Gasteiger charge is -2.20. The van der Waals surface area contributed by atoms with E-state index in [-0.39, 0.29) is 29.1 Å². The number of carbonyl (C=O) groups is 1. The number of aromatic amines is 2. The monoisotopic (exact) mass is 360 g/mol. The molecule has 0 radical (unpaired) electrons. The number of benzene rings is 2. The predicted molar refractivity (Wildman–Crippen MR) is 106 cm³/mol. The van der Waals surface area contributed by atoms with Gasteiger partial charge in [0, 0.05) is 5.39 Å². The van der Waals surface area contributed by atoms with E-state index in [2.05, 4.69) is 20.3 Å². The van der Waals surface area contributed by atoms with Crippen molar-refractivity contribution in [3.8, 4) is 0 Å². The minimum Gasteiger partial charge on any atom is -0.341 e. The summed E-state index contributed by atoms with van der Waals surface area (Å²) in [6.45, 7) is 4.03. The summed E-state index contributed by atoms with van der Waals surface area (Å²) in [5.41, 5.74) is 1.74. The zero-order chi connectivity index (χ0) is 19.0. The number of carbonyl (C=O) groups excluding carboxylic acids is 1. The fourth-order valence-electron chi connectivity index (χ4n) is 3.22. The second kappa shape index (κ2) is 6.72. The minimum atomic E-state index is -0.336. The van der Waals surface area contributed by atoms with Gasteiger partial charge in [0.25, 0.3) is 11.5 Å². The average molecular weight is 360 g/mol. The Labute approximate surface area is 155 Å². The van der Waals surface area contributed by atoms with Crippen molar-refractivity contribution in [2.75, 3.05) is 0 Å². The molecule has 4 rings (SSSR count). The number of imidazole rings is 1. The van der Waals surface area contributed by atoms with E-state index in [1.54, 1.807) is 18.2 Å². The highest BCUT2D eigenvalue weighted by molar-refractivity contribution is 5.96. The summed E-state index contributed by atoms with van der Waals surface area (Å²) in [6, 6.07) is 16.3. The van der Waals surface area contributed by atoms with Crippen LogP contribution in [0.15, 0.2) is 59.4 Å². The number of hydrogen-bond donors (Lipinski definition) is 3. The van der Waals surface area contributed by atoms with E-state index in [9.17, 15) is 9.59 Å². The van der Waals surface area contributed by atoms with E-state index < -0.39 is 0 Å². The number of para-hydroxylation sites is 2. The van der Waals surface area contributed by atoms with Crippen LogP contribution in [0.5, 0.6) is 0 Å². The molecule has 3 N–H and O–H groups in total. The highest BCUT2D eigenvalue weighted by atomic mass is 16.2. The maximum absolute atomic E-state index is 12.8. The molecular formula is C21H20N4O2. The Balaban J connectivity index is 1.67. The van der Waals surface area contributed by atoms with Gasteiger partial charge in [-0.1, -0.05) is 44.2 Å². The van der Waals surface area contributed by atoms with E-state index in [0.717, 1.165) is 16.4 Å². The van der Waals surface area contributed by atoms with Crippen molar-refractivity contribution >= 4 is 27.7 Å². The van der Waals surface area contributed by atoms with Crippen LogP contribution in [0, 0.1) is 5.92 Å². The van der Waals surface area contributed by atoms with E-state index in [4.69, 9.17) is 0 Å². The third-order valence-corrected chi connectivity index (χ3v) is 4.65. The maximum atomic E-state index is 12.8. The van der Waals surface area contributed by atoms with Crippen molar-refractivity contribution in [1.82, 2.24) is 20.3 Å². The minimum absolute atomic E-state index is 0.113. The molecule has 136 valence electrons. The van der Waals surface area contributed by atoms with Crippen molar-refractivity contribution < 1.29 is 4.79 Å². The second-order valence-electron chi connectivity index (χ2n) is 6.93. The molecular weight excluding hydrogens is 340 g/mol. The molecule has 2 heterocycles. The molecule has 2 aromatic heterocycles. The molecule has 0 spiro atoms. The molecule has 1 unspecified atom stereocenters. The van der Waals surface area contributed by atoms with Crippen LogP contribution in [0.2, 0.25) is 0 Å². The summed E-state index contributed by atoms with van der Waals surface area (Å²) in [5, 5.41) is 4.29. The Morgan fingerprint density at radius 2 is 1.78 bits per heavy atom. The highest BCUT2D eigenvalue weighted by Crippen LogP contribution is 2.22. The number of rotatable bonds is 4. The average Bonchev–Trinajstić information content (AvgIpc) is 3.09. The molecule has 0 aliphatic rings. The topological polar surface area (TPSA) is 90.6 Å². The molecule has 27 heavy (non-hydrogen) atoms. The molecule has 0 saturated heterocycles. The maximum Gasteiger partial charge on any atom is 0.268 e. The van der Waals surface area contributed by atoms with E-state index in [1.807, 2.05) is 50.2 Å². The van der Waals surface area contributed by atoms with Gasteiger partial charge >= 0.3 is 0 Å². The zero-order valence-electron chi connectivity index (χ0n) is 15.1. The van der Waals surface area contributed by atoms with Crippen molar-refractivity contribution in [3.05, 3.63) is 76.5 Å². The number of aromatic nitrogens is 3. The summed E-state index contributed by atoms with van der Waals surface area (Å²) < 4.78 is 0. The molecule has 0 aliphatic carbocycles. The van der Waals surface area contributed by atoms with Crippen molar-refractivity contribution in [2.45, 2.75) is 19.9 Å². The Hall–Kier alpha value is -3.41. The Morgan fingerprint density at radius 3 is 2.56 bits per heavy atom. The van der Waals surface area contributed by atoms with Gasteiger partial charge in [0.2, 0.25) is 0 Å². The van der Waals surface area contributed by atoms with Crippen LogP contribution < -0.4 is 10.9 Å².